The minimum absolute atomic E-state index is 0.00236. The molecule has 0 aromatic carbocycles. The van der Waals surface area contributed by atoms with Crippen LogP contribution in [0.25, 0.3) is 0 Å². The van der Waals surface area contributed by atoms with Gasteiger partial charge in [-0.2, -0.15) is 5.10 Å². The number of methoxy groups -OCH3 is 1. The van der Waals surface area contributed by atoms with Crippen LogP contribution in [0.3, 0.4) is 0 Å². The summed E-state index contributed by atoms with van der Waals surface area (Å²) < 4.78 is 11.2. The molecular weight excluding hydrogens is 488 g/mol. The van der Waals surface area contributed by atoms with Crippen LogP contribution < -0.4 is 10.6 Å². The van der Waals surface area contributed by atoms with E-state index in [-0.39, 0.29) is 47.6 Å². The predicted molar refractivity (Wildman–Crippen MR) is 142 cm³/mol. The summed E-state index contributed by atoms with van der Waals surface area (Å²) in [5, 5.41) is 16.6. The molecule has 208 valence electrons. The second kappa shape index (κ2) is 12.0. The number of hydrazine groups is 1. The van der Waals surface area contributed by atoms with Crippen molar-refractivity contribution in [2.24, 2.45) is 17.8 Å². The molecular formula is C27H40N6O5. The lowest BCUT2D eigenvalue weighted by atomic mass is 9.81. The molecule has 2 amide bonds. The first kappa shape index (κ1) is 27.7. The van der Waals surface area contributed by atoms with E-state index in [1.54, 1.807) is 39.3 Å². The first-order valence-electron chi connectivity index (χ1n) is 13.4. The third-order valence-electron chi connectivity index (χ3n) is 7.95. The zero-order valence-electron chi connectivity index (χ0n) is 23.0. The summed E-state index contributed by atoms with van der Waals surface area (Å²) in [7, 11) is 6.81. The Morgan fingerprint density at radius 2 is 1.95 bits per heavy atom. The highest BCUT2D eigenvalue weighted by Gasteiger charge is 2.46. The molecule has 5 atom stereocenters. The zero-order valence-corrected chi connectivity index (χ0v) is 23.0. The fraction of sp³-hybridized carbons (Fsp3) is 0.630. The van der Waals surface area contributed by atoms with E-state index in [1.165, 1.54) is 5.01 Å². The first-order chi connectivity index (χ1) is 18.2. The van der Waals surface area contributed by atoms with Gasteiger partial charge in [0, 0.05) is 75.1 Å². The van der Waals surface area contributed by atoms with Crippen molar-refractivity contribution < 1.29 is 23.9 Å². The molecule has 0 aliphatic heterocycles. The molecule has 3 aliphatic rings. The van der Waals surface area contributed by atoms with Gasteiger partial charge in [-0.15, -0.1) is 0 Å². The number of aromatic amines is 1. The Kier molecular flexibility index (Phi) is 8.76. The maximum Gasteiger partial charge on any atom is 0.424 e. The lowest BCUT2D eigenvalue weighted by Crippen LogP contribution is -2.40. The number of rotatable bonds is 9. The molecule has 3 aliphatic carbocycles. The summed E-state index contributed by atoms with van der Waals surface area (Å²) in [4.78, 5) is 38.2. The number of ether oxygens (including phenoxy) is 2. The molecule has 38 heavy (non-hydrogen) atoms. The minimum atomic E-state index is -0.373. The van der Waals surface area contributed by atoms with E-state index in [0.717, 1.165) is 37.1 Å². The number of hydrogen-bond acceptors (Lipinski definition) is 8. The zero-order chi connectivity index (χ0) is 27.4. The van der Waals surface area contributed by atoms with Gasteiger partial charge in [-0.25, -0.2) is 14.8 Å². The Hall–Kier alpha value is -3.34. The third-order valence-corrected chi connectivity index (χ3v) is 7.95. The number of aromatic nitrogens is 2. The van der Waals surface area contributed by atoms with Gasteiger partial charge in [0.15, 0.2) is 11.6 Å². The molecule has 11 nitrogen and oxygen atoms in total. The lowest BCUT2D eigenvalue weighted by Gasteiger charge is -2.27. The van der Waals surface area contributed by atoms with Crippen LogP contribution in [0.2, 0.25) is 0 Å². The number of nitrogens with zero attached hydrogens (tertiary/aromatic N) is 3. The van der Waals surface area contributed by atoms with E-state index in [9.17, 15) is 14.4 Å². The van der Waals surface area contributed by atoms with Crippen LogP contribution in [-0.2, 0) is 19.1 Å². The molecule has 0 bridgehead atoms. The summed E-state index contributed by atoms with van der Waals surface area (Å²) in [5.74, 6) is 0.834. The van der Waals surface area contributed by atoms with Crippen LogP contribution in [0.4, 0.5) is 10.6 Å². The molecule has 2 saturated carbocycles. The molecule has 5 unspecified atom stereocenters. The first-order valence-corrected chi connectivity index (χ1v) is 13.4. The number of fused-ring (bicyclic) bond motifs is 1. The third kappa shape index (κ3) is 6.03. The monoisotopic (exact) mass is 528 g/mol. The van der Waals surface area contributed by atoms with Crippen molar-refractivity contribution in [2.75, 3.05) is 40.1 Å². The topological polar surface area (TPSA) is 129 Å². The van der Waals surface area contributed by atoms with Gasteiger partial charge < -0.3 is 20.1 Å². The molecule has 0 saturated heterocycles. The van der Waals surface area contributed by atoms with Gasteiger partial charge in [0.2, 0.25) is 5.91 Å². The van der Waals surface area contributed by atoms with Gasteiger partial charge in [-0.3, -0.25) is 14.7 Å². The second-order valence-corrected chi connectivity index (χ2v) is 10.6. The Bertz CT molecular complexity index is 1100. The number of allylic oxidation sites excluding steroid dienone is 3. The summed E-state index contributed by atoms with van der Waals surface area (Å²) in [6.45, 7) is 2.86. The number of nitrogens with one attached hydrogen (secondary N) is 3. The van der Waals surface area contributed by atoms with Crippen molar-refractivity contribution >= 4 is 23.6 Å². The SMILES string of the molecule is CCCN/C=C1/C(=O)C=C(OC)C2CC(C(=O)Nc3cc(C4CCC(OC(=O)N(C)N(C)C)C4)[nH]n3)CC12. The number of hydrogen-bond donors (Lipinski definition) is 3. The van der Waals surface area contributed by atoms with E-state index < -0.39 is 0 Å². The summed E-state index contributed by atoms with van der Waals surface area (Å²) in [6, 6.07) is 1.87. The van der Waals surface area contributed by atoms with Crippen molar-refractivity contribution in [1.29, 1.82) is 0 Å². The molecule has 1 aromatic rings. The van der Waals surface area contributed by atoms with Gasteiger partial charge in [-0.1, -0.05) is 6.92 Å². The smallest absolute Gasteiger partial charge is 0.424 e. The van der Waals surface area contributed by atoms with Crippen molar-refractivity contribution in [1.82, 2.24) is 25.5 Å². The largest absolute Gasteiger partial charge is 0.501 e. The maximum atomic E-state index is 13.2. The molecule has 2 fully saturated rings. The number of carbonyl (C=O) groups excluding carboxylic acids is 3. The Labute approximate surface area is 223 Å². The summed E-state index contributed by atoms with van der Waals surface area (Å²) in [5.41, 5.74) is 1.64. The number of amides is 2. The fourth-order valence-electron chi connectivity index (χ4n) is 5.68. The molecule has 0 spiro atoms. The average Bonchev–Trinajstić information content (AvgIpc) is 3.64. The molecule has 0 radical (unpaired) electrons. The van der Waals surface area contributed by atoms with Gasteiger partial charge in [-0.05, 0) is 44.4 Å². The van der Waals surface area contributed by atoms with E-state index in [1.807, 2.05) is 12.3 Å². The quantitative estimate of drug-likeness (QED) is 0.253. The molecule has 1 aromatic heterocycles. The highest BCUT2D eigenvalue weighted by molar-refractivity contribution is 6.06. The lowest BCUT2D eigenvalue weighted by molar-refractivity contribution is -0.120. The van der Waals surface area contributed by atoms with E-state index in [2.05, 4.69) is 27.8 Å². The fourth-order valence-corrected chi connectivity index (χ4v) is 5.68. The second-order valence-electron chi connectivity index (χ2n) is 10.6. The van der Waals surface area contributed by atoms with Crippen molar-refractivity contribution in [3.8, 4) is 0 Å². The molecule has 1 heterocycles. The van der Waals surface area contributed by atoms with Crippen LogP contribution >= 0.6 is 0 Å². The average molecular weight is 529 g/mol. The van der Waals surface area contributed by atoms with Gasteiger partial charge in [0.25, 0.3) is 0 Å². The number of ketones is 1. The highest BCUT2D eigenvalue weighted by Crippen LogP contribution is 2.47. The number of carbonyl (C=O) groups is 3. The van der Waals surface area contributed by atoms with Crippen LogP contribution in [0.1, 0.15) is 57.1 Å². The summed E-state index contributed by atoms with van der Waals surface area (Å²) in [6.07, 6.45) is 7.36. The Balaban J connectivity index is 1.35. The van der Waals surface area contributed by atoms with Gasteiger partial charge in [0.1, 0.15) is 11.9 Å². The van der Waals surface area contributed by atoms with Gasteiger partial charge in [0.05, 0.1) is 7.11 Å². The van der Waals surface area contributed by atoms with E-state index in [0.29, 0.717) is 30.8 Å². The maximum absolute atomic E-state index is 13.2. The van der Waals surface area contributed by atoms with Crippen LogP contribution in [0.5, 0.6) is 0 Å². The van der Waals surface area contributed by atoms with Gasteiger partial charge >= 0.3 is 6.09 Å². The van der Waals surface area contributed by atoms with Crippen LogP contribution in [0.15, 0.2) is 29.7 Å². The van der Waals surface area contributed by atoms with E-state index >= 15 is 0 Å². The Morgan fingerprint density at radius 3 is 2.66 bits per heavy atom. The normalized spacial score (nSPS) is 27.7. The number of anilines is 1. The molecule has 4 rings (SSSR count). The van der Waals surface area contributed by atoms with Crippen molar-refractivity contribution in [3.63, 3.8) is 0 Å². The van der Waals surface area contributed by atoms with Crippen LogP contribution in [0, 0.1) is 17.8 Å². The summed E-state index contributed by atoms with van der Waals surface area (Å²) >= 11 is 0. The molecule has 3 N–H and O–H groups in total. The van der Waals surface area contributed by atoms with Crippen LogP contribution in [-0.4, -0.2) is 78.9 Å². The minimum Gasteiger partial charge on any atom is -0.501 e. The predicted octanol–water partition coefficient (Wildman–Crippen LogP) is 3.17. The standard InChI is InChI=1S/C27H40N6O5/c1-6-9-28-15-21-19-11-17(12-20(19)24(37-5)14-23(21)34)26(35)29-25-13-22(30-31-25)16-7-8-18(10-16)38-27(36)33(4)32(2)3/h13-20,28H,6-12H2,1-5H3,(H2,29,30,31,35)/b21-15+. The van der Waals surface area contributed by atoms with Crippen molar-refractivity contribution in [3.05, 3.63) is 35.4 Å². The van der Waals surface area contributed by atoms with E-state index in [4.69, 9.17) is 9.47 Å². The highest BCUT2D eigenvalue weighted by atomic mass is 16.6. The molecule has 11 heteroatoms. The number of H-pyrrole nitrogens is 1. The van der Waals surface area contributed by atoms with Crippen molar-refractivity contribution in [2.45, 2.75) is 57.5 Å². The Morgan fingerprint density at radius 1 is 1.18 bits per heavy atom.